The Morgan fingerprint density at radius 2 is 2.26 bits per heavy atom. The van der Waals surface area contributed by atoms with Crippen molar-refractivity contribution >= 4 is 5.96 Å². The van der Waals surface area contributed by atoms with Gasteiger partial charge >= 0.3 is 0 Å². The van der Waals surface area contributed by atoms with Gasteiger partial charge in [-0.1, -0.05) is 11.6 Å². The quantitative estimate of drug-likeness (QED) is 0.452. The zero-order chi connectivity index (χ0) is 16.5. The van der Waals surface area contributed by atoms with Gasteiger partial charge in [0.2, 0.25) is 5.89 Å². The number of aryl methyl sites for hydroxylation is 1. The maximum Gasteiger partial charge on any atom is 0.223 e. The van der Waals surface area contributed by atoms with Crippen LogP contribution in [0.5, 0.6) is 0 Å². The van der Waals surface area contributed by atoms with Gasteiger partial charge < -0.3 is 20.1 Å². The van der Waals surface area contributed by atoms with Crippen molar-refractivity contribution in [3.05, 3.63) is 11.7 Å². The molecule has 0 saturated carbocycles. The maximum atomic E-state index is 4.96. The van der Waals surface area contributed by atoms with E-state index in [1.165, 1.54) is 25.8 Å². The highest BCUT2D eigenvalue weighted by Crippen LogP contribution is 2.15. The zero-order valence-corrected chi connectivity index (χ0v) is 14.6. The van der Waals surface area contributed by atoms with Crippen LogP contribution in [0.2, 0.25) is 0 Å². The lowest BCUT2D eigenvalue weighted by molar-refractivity contribution is 0.159. The number of likely N-dealkylation sites (tertiary alicyclic amines) is 1. The average Bonchev–Trinajstić information content (AvgIpc) is 2.96. The fourth-order valence-corrected chi connectivity index (χ4v) is 2.88. The molecular weight excluding hydrogens is 292 g/mol. The largest absolute Gasteiger partial charge is 0.357 e. The number of rotatable bonds is 7. The molecule has 0 bridgehead atoms. The van der Waals surface area contributed by atoms with Crippen molar-refractivity contribution in [2.24, 2.45) is 4.99 Å². The van der Waals surface area contributed by atoms with Crippen LogP contribution in [0.25, 0.3) is 0 Å². The summed E-state index contributed by atoms with van der Waals surface area (Å²) >= 11 is 0. The molecule has 130 valence electrons. The minimum Gasteiger partial charge on any atom is -0.357 e. The molecule has 2 heterocycles. The van der Waals surface area contributed by atoms with Gasteiger partial charge in [-0.15, -0.1) is 0 Å². The predicted octanol–water partition coefficient (Wildman–Crippen LogP) is 1.70. The molecule has 1 aromatic rings. The third kappa shape index (κ3) is 6.17. The molecule has 23 heavy (non-hydrogen) atoms. The second kappa shape index (κ2) is 9.50. The monoisotopic (exact) mass is 322 g/mol. The first-order chi connectivity index (χ1) is 11.2. The second-order valence-corrected chi connectivity index (χ2v) is 6.09. The number of aliphatic imine (C=N–C) groups is 1. The van der Waals surface area contributed by atoms with Crippen molar-refractivity contribution < 1.29 is 4.52 Å². The minimum absolute atomic E-state index is 0.426. The first-order valence-corrected chi connectivity index (χ1v) is 8.74. The van der Waals surface area contributed by atoms with Crippen molar-refractivity contribution in [3.8, 4) is 0 Å². The Kier molecular flexibility index (Phi) is 7.32. The molecule has 7 heteroatoms. The molecule has 2 N–H and O–H groups in total. The number of nitrogens with zero attached hydrogens (tertiary/aromatic N) is 4. The summed E-state index contributed by atoms with van der Waals surface area (Å²) in [6, 6.07) is 0.729. The van der Waals surface area contributed by atoms with Gasteiger partial charge in [-0.2, -0.15) is 4.98 Å². The first kappa shape index (κ1) is 17.7. The van der Waals surface area contributed by atoms with Crippen LogP contribution < -0.4 is 10.6 Å². The number of guanidine groups is 1. The van der Waals surface area contributed by atoms with Gasteiger partial charge in [-0.3, -0.25) is 0 Å². The highest BCUT2D eigenvalue weighted by molar-refractivity contribution is 5.79. The Hall–Kier alpha value is -1.63. The number of hydrogen-bond donors (Lipinski definition) is 2. The molecule has 1 aromatic heterocycles. The van der Waals surface area contributed by atoms with Crippen LogP contribution in [0.1, 0.15) is 51.2 Å². The lowest BCUT2D eigenvalue weighted by Gasteiger charge is -2.33. The number of hydrogen-bond acceptors (Lipinski definition) is 5. The Bertz CT molecular complexity index is 487. The molecule has 1 unspecified atom stereocenters. The molecule has 1 aliphatic rings. The van der Waals surface area contributed by atoms with Gasteiger partial charge in [0.05, 0.1) is 0 Å². The van der Waals surface area contributed by atoms with E-state index in [4.69, 9.17) is 4.52 Å². The van der Waals surface area contributed by atoms with Gasteiger partial charge in [0.25, 0.3) is 0 Å². The van der Waals surface area contributed by atoms with Crippen LogP contribution >= 0.6 is 0 Å². The van der Waals surface area contributed by atoms with Crippen molar-refractivity contribution in [2.45, 2.75) is 59.0 Å². The van der Waals surface area contributed by atoms with E-state index < -0.39 is 0 Å². The van der Waals surface area contributed by atoms with Crippen LogP contribution in [0.3, 0.4) is 0 Å². The van der Waals surface area contributed by atoms with Crippen molar-refractivity contribution in [3.63, 3.8) is 0 Å². The molecule has 7 nitrogen and oxygen atoms in total. The van der Waals surface area contributed by atoms with E-state index in [0.29, 0.717) is 18.3 Å². The standard InChI is InChI=1S/C16H30N6O/c1-4-17-16(19-12-15-20-14(3)23-21-15)18-9-7-11-22-10-6-5-8-13(22)2/h13H,4-12H2,1-3H3,(H2,17,18,19). The smallest absolute Gasteiger partial charge is 0.223 e. The summed E-state index contributed by atoms with van der Waals surface area (Å²) in [7, 11) is 0. The minimum atomic E-state index is 0.426. The van der Waals surface area contributed by atoms with Crippen LogP contribution in [0.4, 0.5) is 0 Å². The summed E-state index contributed by atoms with van der Waals surface area (Å²) in [4.78, 5) is 11.2. The summed E-state index contributed by atoms with van der Waals surface area (Å²) in [5.41, 5.74) is 0. The zero-order valence-electron chi connectivity index (χ0n) is 14.6. The van der Waals surface area contributed by atoms with E-state index in [2.05, 4.69) is 44.5 Å². The normalized spacial score (nSPS) is 19.8. The van der Waals surface area contributed by atoms with Gasteiger partial charge in [0, 0.05) is 32.6 Å². The fraction of sp³-hybridized carbons (Fsp3) is 0.812. The molecule has 1 aliphatic heterocycles. The van der Waals surface area contributed by atoms with E-state index in [1.54, 1.807) is 6.92 Å². The summed E-state index contributed by atoms with van der Waals surface area (Å²) in [5, 5.41) is 10.5. The van der Waals surface area contributed by atoms with Crippen molar-refractivity contribution in [2.75, 3.05) is 26.2 Å². The molecular formula is C16H30N6O. The molecule has 0 amide bonds. The Morgan fingerprint density at radius 3 is 2.96 bits per heavy atom. The van der Waals surface area contributed by atoms with E-state index in [0.717, 1.165) is 38.1 Å². The van der Waals surface area contributed by atoms with Crippen molar-refractivity contribution in [1.29, 1.82) is 0 Å². The topological polar surface area (TPSA) is 78.6 Å². The SMILES string of the molecule is CCNC(=NCc1noc(C)n1)NCCCN1CCCCC1C. The molecule has 0 aliphatic carbocycles. The lowest BCUT2D eigenvalue weighted by Crippen LogP contribution is -2.41. The van der Waals surface area contributed by atoms with Gasteiger partial charge in [-0.25, -0.2) is 4.99 Å². The Labute approximate surface area is 138 Å². The summed E-state index contributed by atoms with van der Waals surface area (Å²) in [5.74, 6) is 1.99. The molecule has 0 radical (unpaired) electrons. The van der Waals surface area contributed by atoms with E-state index in [-0.39, 0.29) is 0 Å². The Balaban J connectivity index is 1.71. The summed E-state index contributed by atoms with van der Waals surface area (Å²) < 4.78 is 4.96. The highest BCUT2D eigenvalue weighted by atomic mass is 16.5. The van der Waals surface area contributed by atoms with E-state index >= 15 is 0 Å². The predicted molar refractivity (Wildman–Crippen MR) is 91.4 cm³/mol. The van der Waals surface area contributed by atoms with E-state index in [1.807, 2.05) is 0 Å². The maximum absolute atomic E-state index is 4.96. The van der Waals surface area contributed by atoms with Gasteiger partial charge in [-0.05, 0) is 39.7 Å². The first-order valence-electron chi connectivity index (χ1n) is 8.74. The molecule has 1 saturated heterocycles. The van der Waals surface area contributed by atoms with Crippen molar-refractivity contribution in [1.82, 2.24) is 25.7 Å². The summed E-state index contributed by atoms with van der Waals surface area (Å²) in [6.45, 7) is 10.8. The molecule has 0 aromatic carbocycles. The van der Waals surface area contributed by atoms with Crippen LogP contribution in [-0.4, -0.2) is 53.2 Å². The van der Waals surface area contributed by atoms with Crippen LogP contribution in [0, 0.1) is 6.92 Å². The van der Waals surface area contributed by atoms with Gasteiger partial charge in [0.15, 0.2) is 11.8 Å². The molecule has 1 atom stereocenters. The second-order valence-electron chi connectivity index (χ2n) is 6.09. The molecule has 1 fully saturated rings. The fourth-order valence-electron chi connectivity index (χ4n) is 2.88. The third-order valence-corrected chi connectivity index (χ3v) is 4.15. The number of piperidine rings is 1. The number of nitrogens with one attached hydrogen (secondary N) is 2. The Morgan fingerprint density at radius 1 is 1.39 bits per heavy atom. The lowest BCUT2D eigenvalue weighted by atomic mass is 10.0. The third-order valence-electron chi connectivity index (χ3n) is 4.15. The molecule has 0 spiro atoms. The van der Waals surface area contributed by atoms with Crippen LogP contribution in [-0.2, 0) is 6.54 Å². The number of aromatic nitrogens is 2. The van der Waals surface area contributed by atoms with Gasteiger partial charge in [0.1, 0.15) is 6.54 Å². The molecule has 2 rings (SSSR count). The summed E-state index contributed by atoms with van der Waals surface area (Å²) in [6.07, 6.45) is 5.17. The average molecular weight is 322 g/mol. The van der Waals surface area contributed by atoms with E-state index in [9.17, 15) is 0 Å². The highest BCUT2D eigenvalue weighted by Gasteiger charge is 2.17. The van der Waals surface area contributed by atoms with Crippen LogP contribution in [0.15, 0.2) is 9.52 Å².